The molecule has 0 N–H and O–H groups in total. The molecule has 12 heteroatoms. The molecule has 1 aromatic carbocycles. The first-order chi connectivity index (χ1) is 16.4. The average Bonchev–Trinajstić information content (AvgIpc) is 3.00. The van der Waals surface area contributed by atoms with Crippen LogP contribution in [0.2, 0.25) is 0 Å². The first-order valence-corrected chi connectivity index (χ1v) is 10.7. The van der Waals surface area contributed by atoms with Gasteiger partial charge in [-0.05, 0) is 18.6 Å². The van der Waals surface area contributed by atoms with Gasteiger partial charge < -0.3 is 23.7 Å². The van der Waals surface area contributed by atoms with Crippen LogP contribution in [0.1, 0.15) is 43.6 Å². The first kappa shape index (κ1) is 25.8. The highest BCUT2D eigenvalue weighted by atomic mass is 16.7. The third-order valence-corrected chi connectivity index (χ3v) is 5.37. The Kier molecular flexibility index (Phi) is 7.54. The van der Waals surface area contributed by atoms with Crippen molar-refractivity contribution in [2.75, 3.05) is 11.5 Å². The number of ether oxygens (including phenoxy) is 5. The van der Waals surface area contributed by atoms with Gasteiger partial charge in [0.25, 0.3) is 5.78 Å². The van der Waals surface area contributed by atoms with Gasteiger partial charge >= 0.3 is 29.8 Å². The van der Waals surface area contributed by atoms with Crippen molar-refractivity contribution < 1.29 is 52.5 Å². The molecule has 0 aliphatic carbocycles. The van der Waals surface area contributed by atoms with Gasteiger partial charge in [0.2, 0.25) is 0 Å². The lowest BCUT2D eigenvalue weighted by atomic mass is 9.96. The zero-order chi connectivity index (χ0) is 26.0. The molecule has 0 bridgehead atoms. The maximum atomic E-state index is 13.1. The fraction of sp³-hybridized carbons (Fsp3) is 0.478. The molecule has 2 aliphatic heterocycles. The average molecular weight is 491 g/mol. The second-order valence-corrected chi connectivity index (χ2v) is 8.06. The summed E-state index contributed by atoms with van der Waals surface area (Å²) in [4.78, 5) is 74.2. The smallest absolute Gasteiger partial charge is 0.303 e. The number of carbonyl (C=O) groups is 6. The van der Waals surface area contributed by atoms with Gasteiger partial charge in [-0.2, -0.15) is 0 Å². The van der Waals surface area contributed by atoms with Crippen LogP contribution in [0, 0.1) is 6.92 Å². The molecule has 12 nitrogen and oxygen atoms in total. The van der Waals surface area contributed by atoms with E-state index in [1.165, 1.54) is 6.07 Å². The molecular formula is C23H25NO11. The molecule has 1 saturated heterocycles. The third kappa shape index (κ3) is 5.32. The highest BCUT2D eigenvalue weighted by Crippen LogP contribution is 2.38. The van der Waals surface area contributed by atoms with Crippen LogP contribution in [0.25, 0.3) is 0 Å². The van der Waals surface area contributed by atoms with E-state index in [-0.39, 0.29) is 11.3 Å². The molecule has 3 rings (SSSR count). The predicted molar refractivity (Wildman–Crippen MR) is 115 cm³/mol. The number of hydrogen-bond acceptors (Lipinski definition) is 11. The summed E-state index contributed by atoms with van der Waals surface area (Å²) in [6.45, 7) is 5.62. The van der Waals surface area contributed by atoms with Gasteiger partial charge in [0.05, 0.1) is 11.3 Å². The van der Waals surface area contributed by atoms with E-state index < -0.39 is 72.8 Å². The molecule has 0 saturated carbocycles. The molecule has 0 radical (unpaired) electrons. The monoisotopic (exact) mass is 491 g/mol. The Bertz CT molecular complexity index is 1080. The number of aryl methyl sites for hydroxylation is 1. The van der Waals surface area contributed by atoms with E-state index in [0.29, 0.717) is 5.56 Å². The summed E-state index contributed by atoms with van der Waals surface area (Å²) >= 11 is 0. The standard InChI is InChI=1S/C23H25NO11/c1-10-7-6-8-15-17(10)18(29)22(30)24(15)23-21(34-14(5)28)20(33-13(4)27)19(32-12(3)26)16(35-23)9-31-11(2)25/h6-8,16,19-21,23H,9H2,1-5H3/t16-,19+,20+,21-,23+/m0/s1. The summed E-state index contributed by atoms with van der Waals surface area (Å²) in [5, 5.41) is 0. The Hall–Kier alpha value is -3.80. The molecule has 35 heavy (non-hydrogen) atoms. The topological polar surface area (TPSA) is 152 Å². The molecule has 0 spiro atoms. The number of anilines is 1. The Balaban J connectivity index is 2.15. The van der Waals surface area contributed by atoms with Crippen molar-refractivity contribution in [3.63, 3.8) is 0 Å². The summed E-state index contributed by atoms with van der Waals surface area (Å²) in [5.74, 6) is -4.84. The summed E-state index contributed by atoms with van der Waals surface area (Å²) < 4.78 is 27.1. The van der Waals surface area contributed by atoms with Crippen LogP contribution in [0.15, 0.2) is 18.2 Å². The number of hydrogen-bond donors (Lipinski definition) is 0. The molecule has 1 aromatic rings. The Labute approximate surface area is 200 Å². The van der Waals surface area contributed by atoms with Gasteiger partial charge in [0.15, 0.2) is 24.5 Å². The quantitative estimate of drug-likeness (QED) is 0.312. The number of esters is 4. The van der Waals surface area contributed by atoms with Gasteiger partial charge in [-0.15, -0.1) is 0 Å². The fourth-order valence-electron chi connectivity index (χ4n) is 4.14. The molecule has 0 aromatic heterocycles. The minimum absolute atomic E-state index is 0.144. The maximum absolute atomic E-state index is 13.1. The second kappa shape index (κ2) is 10.2. The van der Waals surface area contributed by atoms with E-state index in [9.17, 15) is 28.8 Å². The maximum Gasteiger partial charge on any atom is 0.303 e. The van der Waals surface area contributed by atoms with Crippen molar-refractivity contribution in [2.24, 2.45) is 0 Å². The first-order valence-electron chi connectivity index (χ1n) is 10.7. The van der Waals surface area contributed by atoms with Crippen molar-refractivity contribution in [2.45, 2.75) is 65.3 Å². The molecule has 188 valence electrons. The number of fused-ring (bicyclic) bond motifs is 1. The van der Waals surface area contributed by atoms with Crippen LogP contribution < -0.4 is 4.90 Å². The molecule has 5 atom stereocenters. The van der Waals surface area contributed by atoms with Crippen molar-refractivity contribution >= 4 is 41.3 Å². The molecular weight excluding hydrogens is 466 g/mol. The van der Waals surface area contributed by atoms with Crippen LogP contribution >= 0.6 is 0 Å². The molecule has 2 aliphatic rings. The SMILES string of the molecule is CC(=O)OC[C@@H]1O[C@@H](N2C(=O)C(=O)c3c(C)cccc32)[C@@H](OC(C)=O)[C@H](OC(C)=O)[C@@H]1OC(C)=O. The van der Waals surface area contributed by atoms with Crippen molar-refractivity contribution in [1.29, 1.82) is 0 Å². The highest BCUT2D eigenvalue weighted by Gasteiger charge is 2.57. The van der Waals surface area contributed by atoms with Gasteiger partial charge in [-0.25, -0.2) is 0 Å². The summed E-state index contributed by atoms with van der Waals surface area (Å²) in [6.07, 6.45) is -7.08. The number of amides is 1. The van der Waals surface area contributed by atoms with Crippen molar-refractivity contribution in [1.82, 2.24) is 0 Å². The van der Waals surface area contributed by atoms with E-state index in [1.807, 2.05) is 0 Å². The van der Waals surface area contributed by atoms with E-state index in [2.05, 4.69) is 0 Å². The minimum Gasteiger partial charge on any atom is -0.463 e. The van der Waals surface area contributed by atoms with Crippen LogP contribution in [0.4, 0.5) is 5.69 Å². The van der Waals surface area contributed by atoms with E-state index in [0.717, 1.165) is 32.6 Å². The highest BCUT2D eigenvalue weighted by molar-refractivity contribution is 6.52. The predicted octanol–water partition coefficient (Wildman–Crippen LogP) is 0.607. The largest absolute Gasteiger partial charge is 0.463 e. The van der Waals surface area contributed by atoms with Crippen LogP contribution in [0.3, 0.4) is 0 Å². The number of rotatable bonds is 6. The van der Waals surface area contributed by atoms with Crippen LogP contribution in [-0.4, -0.2) is 72.8 Å². The summed E-state index contributed by atoms with van der Waals surface area (Å²) in [5.41, 5.74) is 0.875. The molecule has 0 unspecified atom stereocenters. The summed E-state index contributed by atoms with van der Waals surface area (Å²) in [6, 6.07) is 4.79. The van der Waals surface area contributed by atoms with Crippen LogP contribution in [-0.2, 0) is 47.7 Å². The number of Topliss-reactive ketones (excluding diaryl/α,β-unsaturated/α-hetero) is 1. The molecule has 1 amide bonds. The molecule has 2 heterocycles. The molecule has 1 fully saturated rings. The van der Waals surface area contributed by atoms with Gasteiger partial charge in [-0.3, -0.25) is 33.7 Å². The lowest BCUT2D eigenvalue weighted by molar-refractivity contribution is -0.251. The zero-order valence-electron chi connectivity index (χ0n) is 19.8. The Morgan fingerprint density at radius 2 is 1.43 bits per heavy atom. The second-order valence-electron chi connectivity index (χ2n) is 8.06. The number of benzene rings is 1. The summed E-state index contributed by atoms with van der Waals surface area (Å²) in [7, 11) is 0. The number of ketones is 1. The third-order valence-electron chi connectivity index (χ3n) is 5.37. The lowest BCUT2D eigenvalue weighted by Crippen LogP contribution is -2.67. The number of carbonyl (C=O) groups excluding carboxylic acids is 6. The fourth-order valence-corrected chi connectivity index (χ4v) is 4.14. The van der Waals surface area contributed by atoms with Gasteiger partial charge in [0, 0.05) is 27.7 Å². The van der Waals surface area contributed by atoms with E-state index >= 15 is 0 Å². The minimum atomic E-state index is -1.50. The van der Waals surface area contributed by atoms with Gasteiger partial charge in [0.1, 0.15) is 12.7 Å². The lowest BCUT2D eigenvalue weighted by Gasteiger charge is -2.46. The Morgan fingerprint density at radius 3 is 2.00 bits per heavy atom. The van der Waals surface area contributed by atoms with Crippen molar-refractivity contribution in [3.8, 4) is 0 Å². The number of nitrogens with zero attached hydrogens (tertiary/aromatic N) is 1. The Morgan fingerprint density at radius 1 is 0.857 bits per heavy atom. The van der Waals surface area contributed by atoms with Crippen molar-refractivity contribution in [3.05, 3.63) is 29.3 Å². The van der Waals surface area contributed by atoms with Gasteiger partial charge in [-0.1, -0.05) is 12.1 Å². The zero-order valence-corrected chi connectivity index (χ0v) is 19.8. The normalized spacial score (nSPS) is 25.5. The van der Waals surface area contributed by atoms with E-state index in [4.69, 9.17) is 23.7 Å². The van der Waals surface area contributed by atoms with E-state index in [1.54, 1.807) is 19.1 Å². The van der Waals surface area contributed by atoms with Crippen LogP contribution in [0.5, 0.6) is 0 Å².